The van der Waals surface area contributed by atoms with Crippen molar-refractivity contribution in [3.8, 4) is 0 Å². The maximum absolute atomic E-state index is 11.6. The lowest BCUT2D eigenvalue weighted by Gasteiger charge is -2.06. The Hall–Kier alpha value is -2.10. The molecule has 0 bridgehead atoms. The molecule has 0 spiro atoms. The zero-order valence-corrected chi connectivity index (χ0v) is 10.7. The van der Waals surface area contributed by atoms with E-state index in [9.17, 15) is 9.59 Å². The van der Waals surface area contributed by atoms with Crippen LogP contribution in [0.2, 0.25) is 0 Å². The van der Waals surface area contributed by atoms with E-state index < -0.39 is 0 Å². The molecule has 96 valence electrons. The third-order valence-corrected chi connectivity index (χ3v) is 2.23. The van der Waals surface area contributed by atoms with Crippen LogP contribution in [0.3, 0.4) is 0 Å². The van der Waals surface area contributed by atoms with Crippen LogP contribution >= 0.6 is 0 Å². The van der Waals surface area contributed by atoms with Gasteiger partial charge >= 0.3 is 0 Å². The van der Waals surface area contributed by atoms with Crippen LogP contribution < -0.4 is 10.6 Å². The molecule has 0 aliphatic carbocycles. The van der Waals surface area contributed by atoms with Gasteiger partial charge in [-0.15, -0.1) is 0 Å². The van der Waals surface area contributed by atoms with Crippen LogP contribution in [-0.2, 0) is 16.0 Å². The summed E-state index contributed by atoms with van der Waals surface area (Å²) in [6.45, 7) is 7.54. The first-order chi connectivity index (χ1) is 8.47. The van der Waals surface area contributed by atoms with Gasteiger partial charge in [-0.2, -0.15) is 0 Å². The van der Waals surface area contributed by atoms with Crippen molar-refractivity contribution in [3.63, 3.8) is 0 Å². The number of benzene rings is 1. The van der Waals surface area contributed by atoms with Crippen LogP contribution in [0.15, 0.2) is 36.4 Å². The molecule has 0 heterocycles. The number of hydrogen-bond acceptors (Lipinski definition) is 2. The molecular formula is C14H18N2O2. The van der Waals surface area contributed by atoms with Crippen LogP contribution in [0, 0.1) is 0 Å². The Morgan fingerprint density at radius 2 is 1.78 bits per heavy atom. The molecule has 0 radical (unpaired) electrons. The highest BCUT2D eigenvalue weighted by atomic mass is 16.2. The molecule has 0 atom stereocenters. The molecule has 4 heteroatoms. The van der Waals surface area contributed by atoms with Gasteiger partial charge in [0.15, 0.2) is 0 Å². The first-order valence-electron chi connectivity index (χ1n) is 5.75. The number of carbonyl (C=O) groups is 2. The van der Waals surface area contributed by atoms with Crippen LogP contribution in [0.4, 0.5) is 5.69 Å². The summed E-state index contributed by atoms with van der Waals surface area (Å²) in [7, 11) is 0. The summed E-state index contributed by atoms with van der Waals surface area (Å²) >= 11 is 0. The van der Waals surface area contributed by atoms with Crippen LogP contribution in [-0.4, -0.2) is 18.4 Å². The Bertz CT molecular complexity index is 449. The molecule has 1 aromatic carbocycles. The largest absolute Gasteiger partial charge is 0.352 e. The topological polar surface area (TPSA) is 58.2 Å². The summed E-state index contributed by atoms with van der Waals surface area (Å²) in [5.41, 5.74) is 2.56. The van der Waals surface area contributed by atoms with Crippen molar-refractivity contribution in [2.45, 2.75) is 20.3 Å². The molecule has 2 amide bonds. The molecule has 0 aliphatic rings. The van der Waals surface area contributed by atoms with Gasteiger partial charge in [0.25, 0.3) is 0 Å². The minimum absolute atomic E-state index is 0.0368. The Morgan fingerprint density at radius 1 is 1.17 bits per heavy atom. The van der Waals surface area contributed by atoms with Crippen molar-refractivity contribution in [3.05, 3.63) is 42.0 Å². The van der Waals surface area contributed by atoms with Gasteiger partial charge in [0, 0.05) is 19.2 Å². The van der Waals surface area contributed by atoms with Crippen molar-refractivity contribution in [2.75, 3.05) is 11.9 Å². The third kappa shape index (κ3) is 5.30. The summed E-state index contributed by atoms with van der Waals surface area (Å²) in [6.07, 6.45) is 0.327. The molecule has 2 N–H and O–H groups in total. The monoisotopic (exact) mass is 246 g/mol. The van der Waals surface area contributed by atoms with E-state index >= 15 is 0 Å². The van der Waals surface area contributed by atoms with Crippen molar-refractivity contribution in [1.29, 1.82) is 0 Å². The van der Waals surface area contributed by atoms with Gasteiger partial charge in [0.2, 0.25) is 11.8 Å². The van der Waals surface area contributed by atoms with Gasteiger partial charge in [0.05, 0.1) is 6.42 Å². The Morgan fingerprint density at radius 3 is 2.28 bits per heavy atom. The van der Waals surface area contributed by atoms with E-state index in [1.165, 1.54) is 6.92 Å². The third-order valence-electron chi connectivity index (χ3n) is 2.23. The first kappa shape index (κ1) is 14.0. The molecule has 0 saturated carbocycles. The molecule has 0 aromatic heterocycles. The number of nitrogens with one attached hydrogen (secondary N) is 2. The predicted octanol–water partition coefficient (Wildman–Crippen LogP) is 1.88. The lowest BCUT2D eigenvalue weighted by atomic mass is 10.1. The van der Waals surface area contributed by atoms with Gasteiger partial charge in [-0.1, -0.05) is 24.3 Å². The fourth-order valence-corrected chi connectivity index (χ4v) is 1.41. The Balaban J connectivity index is 2.50. The highest BCUT2D eigenvalue weighted by molar-refractivity contribution is 5.88. The second-order valence-corrected chi connectivity index (χ2v) is 4.29. The van der Waals surface area contributed by atoms with Crippen LogP contribution in [0.5, 0.6) is 0 Å². The number of rotatable bonds is 5. The minimum Gasteiger partial charge on any atom is -0.352 e. The molecule has 4 nitrogen and oxygen atoms in total. The smallest absolute Gasteiger partial charge is 0.224 e. The number of hydrogen-bond donors (Lipinski definition) is 2. The van der Waals surface area contributed by atoms with Crippen molar-refractivity contribution in [2.24, 2.45) is 0 Å². The van der Waals surface area contributed by atoms with E-state index in [4.69, 9.17) is 0 Å². The molecular weight excluding hydrogens is 228 g/mol. The van der Waals surface area contributed by atoms with Crippen molar-refractivity contribution in [1.82, 2.24) is 5.32 Å². The van der Waals surface area contributed by atoms with Crippen molar-refractivity contribution >= 4 is 17.5 Å². The summed E-state index contributed by atoms with van der Waals surface area (Å²) < 4.78 is 0. The summed E-state index contributed by atoms with van der Waals surface area (Å²) in [6, 6.07) is 7.21. The maximum Gasteiger partial charge on any atom is 0.224 e. The summed E-state index contributed by atoms with van der Waals surface area (Å²) in [5, 5.41) is 5.44. The van der Waals surface area contributed by atoms with E-state index in [2.05, 4.69) is 17.2 Å². The lowest BCUT2D eigenvalue weighted by Crippen LogP contribution is -2.26. The van der Waals surface area contributed by atoms with E-state index in [1.807, 2.05) is 19.1 Å². The minimum atomic E-state index is -0.109. The van der Waals surface area contributed by atoms with Gasteiger partial charge in [-0.25, -0.2) is 0 Å². The highest BCUT2D eigenvalue weighted by Crippen LogP contribution is 2.09. The first-order valence-corrected chi connectivity index (χ1v) is 5.75. The van der Waals surface area contributed by atoms with Crippen LogP contribution in [0.1, 0.15) is 19.4 Å². The lowest BCUT2D eigenvalue weighted by molar-refractivity contribution is -0.120. The number of amides is 2. The van der Waals surface area contributed by atoms with Crippen LogP contribution in [0.25, 0.3) is 0 Å². The van der Waals surface area contributed by atoms with E-state index in [-0.39, 0.29) is 11.8 Å². The number of anilines is 1. The standard InChI is InChI=1S/C14H18N2O2/c1-10(2)9-15-14(18)8-12-4-6-13(7-5-12)16-11(3)17/h4-7H,1,8-9H2,2-3H3,(H,15,18)(H,16,17). The molecule has 18 heavy (non-hydrogen) atoms. The molecule has 1 aromatic rings. The fourth-order valence-electron chi connectivity index (χ4n) is 1.41. The Labute approximate surface area is 107 Å². The molecule has 0 fully saturated rings. The fraction of sp³-hybridized carbons (Fsp3) is 0.286. The molecule has 0 saturated heterocycles. The predicted molar refractivity (Wildman–Crippen MR) is 72.3 cm³/mol. The van der Waals surface area contributed by atoms with E-state index in [1.54, 1.807) is 12.1 Å². The van der Waals surface area contributed by atoms with E-state index in [0.717, 1.165) is 16.8 Å². The van der Waals surface area contributed by atoms with Gasteiger partial charge < -0.3 is 10.6 Å². The normalized spacial score (nSPS) is 9.67. The average Bonchev–Trinajstić information content (AvgIpc) is 2.28. The SMILES string of the molecule is C=C(C)CNC(=O)Cc1ccc(NC(C)=O)cc1. The summed E-state index contributed by atoms with van der Waals surface area (Å²) in [5.74, 6) is -0.146. The number of carbonyl (C=O) groups excluding carboxylic acids is 2. The second-order valence-electron chi connectivity index (χ2n) is 4.29. The van der Waals surface area contributed by atoms with Gasteiger partial charge in [-0.05, 0) is 24.6 Å². The summed E-state index contributed by atoms with van der Waals surface area (Å²) in [4.78, 5) is 22.4. The zero-order valence-electron chi connectivity index (χ0n) is 10.7. The zero-order chi connectivity index (χ0) is 13.5. The molecule has 1 rings (SSSR count). The molecule has 0 aliphatic heterocycles. The Kier molecular flexibility index (Phi) is 5.11. The van der Waals surface area contributed by atoms with Crippen molar-refractivity contribution < 1.29 is 9.59 Å². The van der Waals surface area contributed by atoms with Gasteiger partial charge in [-0.3, -0.25) is 9.59 Å². The highest BCUT2D eigenvalue weighted by Gasteiger charge is 2.03. The second kappa shape index (κ2) is 6.59. The quantitative estimate of drug-likeness (QED) is 0.779. The maximum atomic E-state index is 11.6. The van der Waals surface area contributed by atoms with E-state index in [0.29, 0.717) is 13.0 Å². The molecule has 0 unspecified atom stereocenters. The average molecular weight is 246 g/mol. The van der Waals surface area contributed by atoms with Gasteiger partial charge in [0.1, 0.15) is 0 Å².